The molecule has 1 heteroatoms. The molecular formula is C65H59N. The largest absolute Gasteiger partial charge is 0.310 e. The van der Waals surface area contributed by atoms with E-state index in [2.05, 4.69) is 257 Å². The minimum atomic E-state index is -0.0933. The lowest BCUT2D eigenvalue weighted by Gasteiger charge is -2.28. The molecule has 0 fully saturated rings. The Balaban J connectivity index is 0.946. The molecule has 0 aliphatic heterocycles. The Hall–Kier alpha value is -7.22. The van der Waals surface area contributed by atoms with Crippen molar-refractivity contribution in [3.8, 4) is 22.3 Å². The van der Waals surface area contributed by atoms with Crippen LogP contribution in [0.25, 0.3) is 58.7 Å². The Morgan fingerprint density at radius 1 is 0.348 bits per heavy atom. The summed E-state index contributed by atoms with van der Waals surface area (Å²) < 4.78 is 0. The number of anilines is 3. The van der Waals surface area contributed by atoms with Crippen molar-refractivity contribution < 1.29 is 0 Å². The van der Waals surface area contributed by atoms with E-state index in [1.807, 2.05) is 0 Å². The molecule has 2 aliphatic rings. The lowest BCUT2D eigenvalue weighted by Crippen LogP contribution is -2.21. The van der Waals surface area contributed by atoms with E-state index < -0.39 is 0 Å². The fourth-order valence-corrected chi connectivity index (χ4v) is 10.5. The third-order valence-electron chi connectivity index (χ3n) is 14.2. The smallest absolute Gasteiger partial charge is 0.0465 e. The molecular weight excluding hydrogens is 795 g/mol. The van der Waals surface area contributed by atoms with E-state index in [1.54, 1.807) is 0 Å². The molecule has 0 bridgehead atoms. The van der Waals surface area contributed by atoms with Gasteiger partial charge in [-0.2, -0.15) is 0 Å². The van der Waals surface area contributed by atoms with Crippen molar-refractivity contribution in [2.24, 2.45) is 0 Å². The summed E-state index contributed by atoms with van der Waals surface area (Å²) in [6, 6.07) is 69.2. The summed E-state index contributed by atoms with van der Waals surface area (Å²) in [5, 5.41) is 0. The van der Waals surface area contributed by atoms with Gasteiger partial charge in [-0.25, -0.2) is 0 Å². The highest BCUT2D eigenvalue weighted by molar-refractivity contribution is 5.87. The van der Waals surface area contributed by atoms with Crippen LogP contribution in [-0.2, 0) is 10.8 Å². The molecule has 0 amide bonds. The van der Waals surface area contributed by atoms with Crippen LogP contribution in [0, 0.1) is 0 Å². The van der Waals surface area contributed by atoms with Gasteiger partial charge in [-0.3, -0.25) is 0 Å². The van der Waals surface area contributed by atoms with Crippen molar-refractivity contribution >= 4 is 53.5 Å². The maximum atomic E-state index is 2.49. The standard InChI is InChI=1S/C65H59N/c1-5-6-7-16-43-65(4)62-44-51(27-25-48-19-12-9-13-20-48)33-40-58(62)59-41-34-52(45-63(59)65)28-26-50-31-37-54(38-32-50)66(53-35-29-49(30-36-53)24-23-47-17-10-8-11-18-47)55-39-42-57-56-21-14-15-22-60(56)64(2,3)61(57)46-55/h8-15,17-42,44-46H,5-7,16,43H2,1-4H3. The van der Waals surface area contributed by atoms with Crippen molar-refractivity contribution in [3.05, 3.63) is 244 Å². The Morgan fingerprint density at radius 3 is 1.29 bits per heavy atom. The zero-order valence-electron chi connectivity index (χ0n) is 38.8. The maximum Gasteiger partial charge on any atom is 0.0465 e. The molecule has 2 aliphatic carbocycles. The molecule has 0 saturated carbocycles. The molecule has 0 radical (unpaired) electrons. The van der Waals surface area contributed by atoms with Crippen molar-refractivity contribution in [3.63, 3.8) is 0 Å². The number of rotatable bonds is 14. The van der Waals surface area contributed by atoms with Crippen LogP contribution in [0.1, 0.15) is 115 Å². The zero-order chi connectivity index (χ0) is 45.1. The summed E-state index contributed by atoms with van der Waals surface area (Å²) in [7, 11) is 0. The van der Waals surface area contributed by atoms with E-state index in [4.69, 9.17) is 0 Å². The lowest BCUT2D eigenvalue weighted by atomic mass is 9.75. The van der Waals surface area contributed by atoms with E-state index in [0.29, 0.717) is 0 Å². The summed E-state index contributed by atoms with van der Waals surface area (Å²) in [5.74, 6) is 0. The van der Waals surface area contributed by atoms with Gasteiger partial charge in [-0.15, -0.1) is 0 Å². The molecule has 324 valence electrons. The Labute approximate surface area is 393 Å². The molecule has 1 unspecified atom stereocenters. The van der Waals surface area contributed by atoms with Gasteiger partial charge < -0.3 is 4.90 Å². The summed E-state index contributed by atoms with van der Waals surface area (Å²) in [4.78, 5) is 2.40. The molecule has 0 N–H and O–H groups in total. The molecule has 10 rings (SSSR count). The van der Waals surface area contributed by atoms with Gasteiger partial charge in [-0.05, 0) is 121 Å². The lowest BCUT2D eigenvalue weighted by molar-refractivity contribution is 0.487. The quantitative estimate of drug-likeness (QED) is 0.0778. The summed E-state index contributed by atoms with van der Waals surface area (Å²) in [6.07, 6.45) is 19.6. The molecule has 8 aromatic carbocycles. The third kappa shape index (κ3) is 8.43. The fourth-order valence-electron chi connectivity index (χ4n) is 10.5. The second kappa shape index (κ2) is 18.3. The van der Waals surface area contributed by atoms with Crippen LogP contribution in [0.2, 0.25) is 0 Å². The normalized spacial score (nSPS) is 15.6. The summed E-state index contributed by atoms with van der Waals surface area (Å²) in [6.45, 7) is 9.50. The van der Waals surface area contributed by atoms with Crippen LogP contribution >= 0.6 is 0 Å². The van der Waals surface area contributed by atoms with Crippen molar-refractivity contribution in [1.29, 1.82) is 0 Å². The van der Waals surface area contributed by atoms with Crippen LogP contribution in [0.5, 0.6) is 0 Å². The first-order chi connectivity index (χ1) is 32.3. The average molecular weight is 854 g/mol. The second-order valence-corrected chi connectivity index (χ2v) is 19.0. The van der Waals surface area contributed by atoms with Crippen LogP contribution in [0.4, 0.5) is 17.1 Å². The first-order valence-electron chi connectivity index (χ1n) is 24.0. The highest BCUT2D eigenvalue weighted by Crippen LogP contribution is 2.53. The van der Waals surface area contributed by atoms with Crippen LogP contribution in [0.15, 0.2) is 188 Å². The molecule has 0 aromatic heterocycles. The van der Waals surface area contributed by atoms with Crippen LogP contribution in [0.3, 0.4) is 0 Å². The summed E-state index contributed by atoms with van der Waals surface area (Å²) in [5.41, 5.74) is 21.6. The van der Waals surface area contributed by atoms with E-state index in [-0.39, 0.29) is 10.8 Å². The molecule has 0 heterocycles. The van der Waals surface area contributed by atoms with Crippen molar-refractivity contribution in [1.82, 2.24) is 0 Å². The minimum absolute atomic E-state index is 0.0457. The summed E-state index contributed by atoms with van der Waals surface area (Å²) >= 11 is 0. The number of nitrogens with zero attached hydrogens (tertiary/aromatic N) is 1. The van der Waals surface area contributed by atoms with Gasteiger partial charge >= 0.3 is 0 Å². The van der Waals surface area contributed by atoms with E-state index in [9.17, 15) is 0 Å². The predicted octanol–water partition coefficient (Wildman–Crippen LogP) is 18.2. The second-order valence-electron chi connectivity index (χ2n) is 19.0. The topological polar surface area (TPSA) is 3.24 Å². The highest BCUT2D eigenvalue weighted by atomic mass is 15.1. The van der Waals surface area contributed by atoms with Crippen LogP contribution < -0.4 is 4.90 Å². The van der Waals surface area contributed by atoms with Gasteiger partial charge in [0.05, 0.1) is 0 Å². The van der Waals surface area contributed by atoms with Gasteiger partial charge in [0.2, 0.25) is 0 Å². The minimum Gasteiger partial charge on any atom is -0.310 e. The van der Waals surface area contributed by atoms with Gasteiger partial charge in [0, 0.05) is 27.9 Å². The van der Waals surface area contributed by atoms with Gasteiger partial charge in [-0.1, -0.05) is 241 Å². The fraction of sp³-hybridized carbons (Fsp3) is 0.169. The van der Waals surface area contributed by atoms with Crippen molar-refractivity contribution in [2.45, 2.75) is 70.6 Å². The molecule has 1 nitrogen and oxygen atoms in total. The number of unbranched alkanes of at least 4 members (excludes halogenated alkanes) is 3. The highest BCUT2D eigenvalue weighted by Gasteiger charge is 2.39. The number of fused-ring (bicyclic) bond motifs is 6. The first kappa shape index (κ1) is 42.7. The molecule has 0 spiro atoms. The molecule has 8 aromatic rings. The Bertz CT molecular complexity index is 3070. The van der Waals surface area contributed by atoms with E-state index in [1.165, 1.54) is 104 Å². The van der Waals surface area contributed by atoms with Gasteiger partial charge in [0.25, 0.3) is 0 Å². The van der Waals surface area contributed by atoms with Gasteiger partial charge in [0.1, 0.15) is 0 Å². The van der Waals surface area contributed by atoms with Gasteiger partial charge in [0.15, 0.2) is 0 Å². The maximum absolute atomic E-state index is 2.49. The Morgan fingerprint density at radius 2 is 0.758 bits per heavy atom. The van der Waals surface area contributed by atoms with E-state index in [0.717, 1.165) is 23.5 Å². The number of benzene rings is 8. The van der Waals surface area contributed by atoms with E-state index >= 15 is 0 Å². The van der Waals surface area contributed by atoms with Crippen molar-refractivity contribution in [2.75, 3.05) is 4.90 Å². The monoisotopic (exact) mass is 853 g/mol. The predicted molar refractivity (Wildman–Crippen MR) is 285 cm³/mol. The Kier molecular flexibility index (Phi) is 11.9. The number of hydrogen-bond donors (Lipinski definition) is 0. The number of hydrogen-bond acceptors (Lipinski definition) is 1. The average Bonchev–Trinajstić information content (AvgIpc) is 3.74. The third-order valence-corrected chi connectivity index (χ3v) is 14.2. The first-order valence-corrected chi connectivity index (χ1v) is 24.0. The molecule has 1 atom stereocenters. The zero-order valence-corrected chi connectivity index (χ0v) is 38.8. The molecule has 66 heavy (non-hydrogen) atoms. The SMILES string of the molecule is CCCCCCC1(C)c2cc(C=Cc3ccccc3)ccc2-c2ccc(C=Cc3ccc(N(c4ccc(C=Cc5ccccc5)cc4)c4ccc5c(c4)C(C)(C)c4ccccc4-5)cc3)cc21. The van der Waals surface area contributed by atoms with Crippen LogP contribution in [-0.4, -0.2) is 0 Å². The molecule has 0 saturated heterocycles.